The average molecular weight is 297 g/mol. The predicted octanol–water partition coefficient (Wildman–Crippen LogP) is 1.54. The van der Waals surface area contributed by atoms with E-state index in [0.717, 1.165) is 11.3 Å². The summed E-state index contributed by atoms with van der Waals surface area (Å²) in [6, 6.07) is 0.715. The topological polar surface area (TPSA) is 112 Å². The lowest BCUT2D eigenvalue weighted by molar-refractivity contribution is -0.139. The molecule has 0 saturated heterocycles. The molecule has 8 heteroatoms. The van der Waals surface area contributed by atoms with Gasteiger partial charge in [0, 0.05) is 11.8 Å². The number of nitrogens with one attached hydrogen (secondary N) is 1. The van der Waals surface area contributed by atoms with Gasteiger partial charge in [-0.1, -0.05) is 0 Å². The lowest BCUT2D eigenvalue weighted by atomic mass is 10.1. The molecule has 1 aromatic rings. The fourth-order valence-corrected chi connectivity index (χ4v) is 1.93. The highest BCUT2D eigenvalue weighted by Crippen LogP contribution is 2.11. The Morgan fingerprint density at radius 1 is 1.60 bits per heavy atom. The molecule has 1 rings (SSSR count). The number of nitriles is 1. The van der Waals surface area contributed by atoms with Gasteiger partial charge in [0.2, 0.25) is 0 Å². The van der Waals surface area contributed by atoms with Crippen LogP contribution in [0, 0.1) is 11.3 Å². The van der Waals surface area contributed by atoms with E-state index in [4.69, 9.17) is 15.1 Å². The van der Waals surface area contributed by atoms with Gasteiger partial charge in [0.25, 0.3) is 0 Å². The number of ether oxygens (including phenoxy) is 1. The van der Waals surface area contributed by atoms with E-state index in [1.54, 1.807) is 26.2 Å². The van der Waals surface area contributed by atoms with Gasteiger partial charge in [0.1, 0.15) is 17.7 Å². The number of hydrogen-bond donors (Lipinski definition) is 2. The lowest BCUT2D eigenvalue weighted by Crippen LogP contribution is -2.44. The molecule has 108 valence electrons. The van der Waals surface area contributed by atoms with Gasteiger partial charge in [-0.05, 0) is 20.8 Å². The Kier molecular flexibility index (Phi) is 5.05. The maximum absolute atomic E-state index is 11.6. The van der Waals surface area contributed by atoms with Crippen LogP contribution in [0.2, 0.25) is 0 Å². The number of carbonyl (C=O) groups excluding carboxylic acids is 1. The third kappa shape index (κ3) is 5.24. The average Bonchev–Trinajstić information content (AvgIpc) is 2.73. The van der Waals surface area contributed by atoms with E-state index in [9.17, 15) is 9.59 Å². The van der Waals surface area contributed by atoms with Crippen LogP contribution in [0.5, 0.6) is 0 Å². The number of rotatable bonds is 4. The molecular weight excluding hydrogens is 282 g/mol. The van der Waals surface area contributed by atoms with E-state index < -0.39 is 23.7 Å². The Bertz CT molecular complexity index is 542. The van der Waals surface area contributed by atoms with Gasteiger partial charge >= 0.3 is 12.1 Å². The highest BCUT2D eigenvalue weighted by atomic mass is 32.1. The number of amides is 1. The molecule has 0 aliphatic rings. The first kappa shape index (κ1) is 15.9. The minimum Gasteiger partial charge on any atom is -0.480 e. The molecule has 0 radical (unpaired) electrons. The minimum absolute atomic E-state index is 0.00719. The lowest BCUT2D eigenvalue weighted by Gasteiger charge is -2.21. The second-order valence-corrected chi connectivity index (χ2v) is 5.86. The molecule has 0 aliphatic heterocycles. The molecule has 1 aromatic heterocycles. The Labute approximate surface area is 120 Å². The van der Waals surface area contributed by atoms with E-state index >= 15 is 0 Å². The van der Waals surface area contributed by atoms with Crippen LogP contribution in [-0.4, -0.2) is 33.8 Å². The molecular formula is C12H15N3O4S. The zero-order chi connectivity index (χ0) is 15.3. The van der Waals surface area contributed by atoms with Crippen molar-refractivity contribution >= 4 is 23.4 Å². The van der Waals surface area contributed by atoms with Crippen molar-refractivity contribution in [2.45, 2.75) is 38.8 Å². The molecule has 0 bridgehead atoms. The third-order valence-corrected chi connectivity index (χ3v) is 2.85. The fourth-order valence-electron chi connectivity index (χ4n) is 1.31. The maximum Gasteiger partial charge on any atom is 0.408 e. The number of carboxylic acids is 1. The van der Waals surface area contributed by atoms with Gasteiger partial charge in [-0.3, -0.25) is 0 Å². The van der Waals surface area contributed by atoms with Crippen LogP contribution in [0.4, 0.5) is 4.79 Å². The maximum atomic E-state index is 11.6. The molecule has 0 spiro atoms. The SMILES string of the molecule is CC(C)(C)OC(=O)NC(Cc1csc(C#N)n1)C(=O)O. The molecule has 1 amide bonds. The van der Waals surface area contributed by atoms with Crippen molar-refractivity contribution in [3.8, 4) is 6.07 Å². The molecule has 0 fully saturated rings. The smallest absolute Gasteiger partial charge is 0.408 e. The van der Waals surface area contributed by atoms with Gasteiger partial charge in [0.05, 0.1) is 5.69 Å². The number of nitrogens with zero attached hydrogens (tertiary/aromatic N) is 2. The molecule has 1 heterocycles. The number of carbonyl (C=O) groups is 2. The summed E-state index contributed by atoms with van der Waals surface area (Å²) >= 11 is 1.12. The van der Waals surface area contributed by atoms with Crippen LogP contribution in [-0.2, 0) is 16.0 Å². The van der Waals surface area contributed by atoms with Crippen molar-refractivity contribution in [3.05, 3.63) is 16.1 Å². The van der Waals surface area contributed by atoms with Crippen molar-refractivity contribution in [1.29, 1.82) is 5.26 Å². The number of hydrogen-bond acceptors (Lipinski definition) is 6. The van der Waals surface area contributed by atoms with Gasteiger partial charge in [-0.15, -0.1) is 11.3 Å². The summed E-state index contributed by atoms with van der Waals surface area (Å²) in [6.45, 7) is 5.05. The van der Waals surface area contributed by atoms with E-state index in [1.165, 1.54) is 0 Å². The van der Waals surface area contributed by atoms with Crippen molar-refractivity contribution < 1.29 is 19.4 Å². The number of aliphatic carboxylic acids is 1. The van der Waals surface area contributed by atoms with E-state index in [1.807, 2.05) is 6.07 Å². The Balaban J connectivity index is 2.68. The predicted molar refractivity (Wildman–Crippen MR) is 71.3 cm³/mol. The van der Waals surface area contributed by atoms with Crippen LogP contribution < -0.4 is 5.32 Å². The first-order valence-electron chi connectivity index (χ1n) is 5.78. The molecule has 0 saturated carbocycles. The van der Waals surface area contributed by atoms with Gasteiger partial charge in [-0.25, -0.2) is 14.6 Å². The summed E-state index contributed by atoms with van der Waals surface area (Å²) in [4.78, 5) is 26.6. The molecule has 1 atom stereocenters. The number of aromatic nitrogens is 1. The van der Waals surface area contributed by atoms with Crippen LogP contribution in [0.3, 0.4) is 0 Å². The first-order valence-corrected chi connectivity index (χ1v) is 6.66. The summed E-state index contributed by atoms with van der Waals surface area (Å²) in [5, 5.41) is 21.9. The van der Waals surface area contributed by atoms with Crippen LogP contribution >= 0.6 is 11.3 Å². The number of thiazole rings is 1. The van der Waals surface area contributed by atoms with Gasteiger partial charge in [-0.2, -0.15) is 5.26 Å². The fraction of sp³-hybridized carbons (Fsp3) is 0.500. The molecule has 2 N–H and O–H groups in total. The molecule has 1 unspecified atom stereocenters. The normalized spacial score (nSPS) is 12.3. The Hall–Kier alpha value is -2.14. The first-order chi connectivity index (χ1) is 9.21. The third-order valence-electron chi connectivity index (χ3n) is 2.05. The van der Waals surface area contributed by atoms with Gasteiger partial charge < -0.3 is 15.2 Å². The van der Waals surface area contributed by atoms with Crippen LogP contribution in [0.15, 0.2) is 5.38 Å². The minimum atomic E-state index is -1.19. The highest BCUT2D eigenvalue weighted by Gasteiger charge is 2.25. The monoisotopic (exact) mass is 297 g/mol. The summed E-state index contributed by atoms with van der Waals surface area (Å²) in [5.74, 6) is -1.19. The van der Waals surface area contributed by atoms with Crippen LogP contribution in [0.1, 0.15) is 31.5 Å². The van der Waals surface area contributed by atoms with Gasteiger partial charge in [0.15, 0.2) is 5.01 Å². The molecule has 0 aliphatic carbocycles. The molecule has 7 nitrogen and oxygen atoms in total. The Morgan fingerprint density at radius 3 is 2.70 bits per heavy atom. The van der Waals surface area contributed by atoms with Crippen molar-refractivity contribution in [1.82, 2.24) is 10.3 Å². The molecule has 0 aromatic carbocycles. The Morgan fingerprint density at radius 2 is 2.25 bits per heavy atom. The zero-order valence-corrected chi connectivity index (χ0v) is 12.2. The largest absolute Gasteiger partial charge is 0.480 e. The summed E-state index contributed by atoms with van der Waals surface area (Å²) in [6.07, 6.45) is -0.812. The summed E-state index contributed by atoms with van der Waals surface area (Å²) in [7, 11) is 0. The second kappa shape index (κ2) is 6.34. The van der Waals surface area contributed by atoms with Crippen LogP contribution in [0.25, 0.3) is 0 Å². The van der Waals surface area contributed by atoms with E-state index in [2.05, 4.69) is 10.3 Å². The van der Waals surface area contributed by atoms with E-state index in [0.29, 0.717) is 5.69 Å². The number of carboxylic acid groups (broad SMARTS) is 1. The molecule has 20 heavy (non-hydrogen) atoms. The van der Waals surface area contributed by atoms with Crippen molar-refractivity contribution in [2.75, 3.05) is 0 Å². The zero-order valence-electron chi connectivity index (χ0n) is 11.3. The van der Waals surface area contributed by atoms with E-state index in [-0.39, 0.29) is 11.4 Å². The summed E-state index contributed by atoms with van der Waals surface area (Å²) < 4.78 is 5.00. The highest BCUT2D eigenvalue weighted by molar-refractivity contribution is 7.10. The quantitative estimate of drug-likeness (QED) is 0.871. The number of alkyl carbamates (subject to hydrolysis) is 1. The summed E-state index contributed by atoms with van der Waals surface area (Å²) in [5.41, 5.74) is -0.267. The second-order valence-electron chi connectivity index (χ2n) is 5.00. The van der Waals surface area contributed by atoms with Crippen molar-refractivity contribution in [2.24, 2.45) is 0 Å². The van der Waals surface area contributed by atoms with Crippen molar-refractivity contribution in [3.63, 3.8) is 0 Å². The standard InChI is InChI=1S/C12H15N3O4S/c1-12(2,3)19-11(18)15-8(10(16)17)4-7-6-20-9(5-13)14-7/h6,8H,4H2,1-3H3,(H,15,18)(H,16,17).